The van der Waals surface area contributed by atoms with Gasteiger partial charge in [-0.2, -0.15) is 9.78 Å². The predicted octanol–water partition coefficient (Wildman–Crippen LogP) is 6.37. The van der Waals surface area contributed by atoms with Gasteiger partial charge in [0.25, 0.3) is 5.56 Å². The third-order valence-electron chi connectivity index (χ3n) is 6.62. The number of carboxylic acid groups (broad SMARTS) is 1. The number of halogens is 1. The number of fused-ring (bicyclic) bond motifs is 1. The van der Waals surface area contributed by atoms with Crippen LogP contribution >= 0.6 is 15.9 Å². The number of nitrogens with zero attached hydrogens (tertiary/aromatic N) is 3. The Labute approximate surface area is 222 Å². The van der Waals surface area contributed by atoms with Gasteiger partial charge in [-0.3, -0.25) is 4.79 Å². The van der Waals surface area contributed by atoms with Crippen molar-refractivity contribution in [2.24, 2.45) is 5.10 Å². The molecule has 0 saturated heterocycles. The van der Waals surface area contributed by atoms with Crippen molar-refractivity contribution in [2.45, 2.75) is 44.6 Å². The first kappa shape index (κ1) is 24.9. The van der Waals surface area contributed by atoms with E-state index in [4.69, 9.17) is 14.8 Å². The van der Waals surface area contributed by atoms with Gasteiger partial charge in [0.2, 0.25) is 0 Å². The van der Waals surface area contributed by atoms with Crippen LogP contribution in [0.1, 0.15) is 65.3 Å². The smallest absolute Gasteiger partial charge is 0.335 e. The summed E-state index contributed by atoms with van der Waals surface area (Å²) in [5, 5.41) is 14.2. The van der Waals surface area contributed by atoms with Gasteiger partial charge in [-0.25, -0.2) is 9.78 Å². The number of aromatic carboxylic acids is 1. The Morgan fingerprint density at radius 1 is 1.08 bits per heavy atom. The van der Waals surface area contributed by atoms with E-state index in [-0.39, 0.29) is 17.0 Å². The van der Waals surface area contributed by atoms with Gasteiger partial charge < -0.3 is 9.84 Å². The monoisotopic (exact) mass is 559 g/mol. The molecule has 0 unspecified atom stereocenters. The van der Waals surface area contributed by atoms with E-state index in [0.29, 0.717) is 23.3 Å². The van der Waals surface area contributed by atoms with E-state index in [1.807, 2.05) is 36.4 Å². The first-order valence-electron chi connectivity index (χ1n) is 12.3. The SMILES string of the molecule is O=C(O)c1ccc(COc2ccc(C=Nn3c(C4CCCCC4)nc4ccccc4c3=O)cc2Br)cc1. The van der Waals surface area contributed by atoms with Gasteiger partial charge in [-0.15, -0.1) is 0 Å². The van der Waals surface area contributed by atoms with E-state index in [1.165, 1.54) is 11.1 Å². The molecule has 1 N–H and O–H groups in total. The minimum Gasteiger partial charge on any atom is -0.488 e. The predicted molar refractivity (Wildman–Crippen MR) is 147 cm³/mol. The zero-order valence-corrected chi connectivity index (χ0v) is 21.7. The van der Waals surface area contributed by atoms with Crippen LogP contribution in [0.5, 0.6) is 5.75 Å². The van der Waals surface area contributed by atoms with Crippen molar-refractivity contribution in [3.63, 3.8) is 0 Å². The molecule has 0 bridgehead atoms. The second kappa shape index (κ2) is 11.1. The highest BCUT2D eigenvalue weighted by Crippen LogP contribution is 2.32. The lowest BCUT2D eigenvalue weighted by atomic mass is 9.88. The molecule has 0 radical (unpaired) electrons. The summed E-state index contributed by atoms with van der Waals surface area (Å²) >= 11 is 3.56. The van der Waals surface area contributed by atoms with E-state index in [9.17, 15) is 9.59 Å². The molecule has 1 aliphatic carbocycles. The Hall–Kier alpha value is -3.78. The number of aromatic nitrogens is 2. The van der Waals surface area contributed by atoms with E-state index in [2.05, 4.69) is 21.0 Å². The lowest BCUT2D eigenvalue weighted by Crippen LogP contribution is -2.25. The third kappa shape index (κ3) is 5.64. The maximum absolute atomic E-state index is 13.4. The van der Waals surface area contributed by atoms with Crippen LogP contribution in [-0.2, 0) is 6.61 Å². The first-order chi connectivity index (χ1) is 18.0. The summed E-state index contributed by atoms with van der Waals surface area (Å²) in [4.78, 5) is 29.2. The van der Waals surface area contributed by atoms with Crippen LogP contribution in [0.4, 0.5) is 0 Å². The summed E-state index contributed by atoms with van der Waals surface area (Å²) in [6.07, 6.45) is 7.18. The highest BCUT2D eigenvalue weighted by molar-refractivity contribution is 9.10. The Bertz CT molecular complexity index is 1520. The third-order valence-corrected chi connectivity index (χ3v) is 7.24. The number of hydrogen-bond donors (Lipinski definition) is 1. The fourth-order valence-electron chi connectivity index (χ4n) is 4.62. The van der Waals surface area contributed by atoms with Gasteiger partial charge in [0.05, 0.1) is 27.2 Å². The van der Waals surface area contributed by atoms with Crippen LogP contribution < -0.4 is 10.3 Å². The highest BCUT2D eigenvalue weighted by atomic mass is 79.9. The number of hydrogen-bond acceptors (Lipinski definition) is 5. The quantitative estimate of drug-likeness (QED) is 0.265. The molecule has 1 aliphatic rings. The first-order valence-corrected chi connectivity index (χ1v) is 13.1. The van der Waals surface area contributed by atoms with Crippen molar-refractivity contribution >= 4 is 39.0 Å². The second-order valence-corrected chi connectivity index (χ2v) is 10.0. The average Bonchev–Trinajstić information content (AvgIpc) is 2.92. The summed E-state index contributed by atoms with van der Waals surface area (Å²) < 4.78 is 8.12. The van der Waals surface area contributed by atoms with Gasteiger partial charge in [0.15, 0.2) is 0 Å². The number of rotatable bonds is 7. The molecule has 1 heterocycles. The molecule has 5 rings (SSSR count). The van der Waals surface area contributed by atoms with Crippen LogP contribution in [0, 0.1) is 0 Å². The molecule has 0 amide bonds. The molecule has 0 atom stereocenters. The molecule has 8 heteroatoms. The zero-order valence-electron chi connectivity index (χ0n) is 20.1. The molecular formula is C29H26BrN3O4. The van der Waals surface area contributed by atoms with Crippen molar-refractivity contribution in [2.75, 3.05) is 0 Å². The fraction of sp³-hybridized carbons (Fsp3) is 0.241. The normalized spacial score (nSPS) is 14.3. The molecule has 1 fully saturated rings. The number of carbonyl (C=O) groups is 1. The minimum absolute atomic E-state index is 0.157. The van der Waals surface area contributed by atoms with E-state index in [0.717, 1.165) is 47.1 Å². The van der Waals surface area contributed by atoms with Gasteiger partial charge in [0, 0.05) is 5.92 Å². The van der Waals surface area contributed by atoms with Gasteiger partial charge >= 0.3 is 5.97 Å². The van der Waals surface area contributed by atoms with E-state index in [1.54, 1.807) is 36.5 Å². The highest BCUT2D eigenvalue weighted by Gasteiger charge is 2.22. The number of benzene rings is 3. The Kier molecular flexibility index (Phi) is 7.46. The molecular weight excluding hydrogens is 534 g/mol. The molecule has 37 heavy (non-hydrogen) atoms. The van der Waals surface area contributed by atoms with Crippen LogP contribution in [0.15, 0.2) is 81.1 Å². The van der Waals surface area contributed by atoms with Crippen molar-refractivity contribution in [3.8, 4) is 5.75 Å². The summed E-state index contributed by atoms with van der Waals surface area (Å²) in [6, 6.07) is 19.6. The van der Waals surface area contributed by atoms with Gasteiger partial charge in [0.1, 0.15) is 18.2 Å². The van der Waals surface area contributed by atoms with E-state index >= 15 is 0 Å². The molecule has 1 saturated carbocycles. The number of carboxylic acids is 1. The van der Waals surface area contributed by atoms with E-state index < -0.39 is 5.97 Å². The second-order valence-electron chi connectivity index (χ2n) is 9.16. The van der Waals surface area contributed by atoms with Crippen molar-refractivity contribution in [3.05, 3.63) is 104 Å². The van der Waals surface area contributed by atoms with Crippen LogP contribution in [0.2, 0.25) is 0 Å². The molecule has 0 aliphatic heterocycles. The number of ether oxygens (including phenoxy) is 1. The largest absolute Gasteiger partial charge is 0.488 e. The topological polar surface area (TPSA) is 93.8 Å². The summed E-state index contributed by atoms with van der Waals surface area (Å²) in [5.41, 5.74) is 2.46. The molecule has 4 aromatic rings. The standard InChI is InChI=1S/C29H26BrN3O4/c30-24-16-20(12-15-26(24)37-18-19-10-13-22(14-11-19)29(35)36)17-31-33-27(21-6-2-1-3-7-21)32-25-9-5-4-8-23(25)28(33)34/h4-5,8-17,21H,1-3,6-7,18H2,(H,35,36). The fourth-order valence-corrected chi connectivity index (χ4v) is 5.13. The van der Waals surface area contributed by atoms with Crippen molar-refractivity contribution in [1.29, 1.82) is 0 Å². The maximum Gasteiger partial charge on any atom is 0.335 e. The Morgan fingerprint density at radius 2 is 1.84 bits per heavy atom. The molecule has 7 nitrogen and oxygen atoms in total. The Balaban J connectivity index is 1.38. The summed E-state index contributed by atoms with van der Waals surface area (Å²) in [6.45, 7) is 0.300. The molecule has 0 spiro atoms. The minimum atomic E-state index is -0.958. The van der Waals surface area contributed by atoms with Gasteiger partial charge in [-0.05, 0) is 82.4 Å². The zero-order chi connectivity index (χ0) is 25.8. The van der Waals surface area contributed by atoms with Crippen LogP contribution in [-0.4, -0.2) is 27.0 Å². The summed E-state index contributed by atoms with van der Waals surface area (Å²) in [7, 11) is 0. The molecule has 188 valence electrons. The lowest BCUT2D eigenvalue weighted by molar-refractivity contribution is 0.0697. The van der Waals surface area contributed by atoms with Crippen LogP contribution in [0.25, 0.3) is 10.9 Å². The Morgan fingerprint density at radius 3 is 2.57 bits per heavy atom. The molecule has 1 aromatic heterocycles. The molecule has 3 aromatic carbocycles. The average molecular weight is 560 g/mol. The summed E-state index contributed by atoms with van der Waals surface area (Å²) in [5.74, 6) is 0.634. The number of para-hydroxylation sites is 1. The maximum atomic E-state index is 13.4. The van der Waals surface area contributed by atoms with Crippen molar-refractivity contribution < 1.29 is 14.6 Å². The van der Waals surface area contributed by atoms with Gasteiger partial charge in [-0.1, -0.05) is 43.5 Å². The lowest BCUT2D eigenvalue weighted by Gasteiger charge is -2.22. The van der Waals surface area contributed by atoms with Crippen LogP contribution in [0.3, 0.4) is 0 Å². The van der Waals surface area contributed by atoms with Crippen molar-refractivity contribution in [1.82, 2.24) is 9.66 Å².